The zero-order valence-electron chi connectivity index (χ0n) is 12.3. The van der Waals surface area contributed by atoms with Crippen LogP contribution < -0.4 is 5.32 Å². The van der Waals surface area contributed by atoms with Crippen LogP contribution in [0.2, 0.25) is 0 Å². The number of alkyl halides is 2. The van der Waals surface area contributed by atoms with E-state index in [2.05, 4.69) is 10.2 Å². The van der Waals surface area contributed by atoms with Gasteiger partial charge in [-0.1, -0.05) is 35.3 Å². The molecule has 1 aliphatic rings. The standard InChI is InChI=1S/C15H19Cl2FN2O2/c1-15(16,17)14(21)19-10-13(20-6-8-22-9-7-20)11-2-4-12(18)5-3-11/h2-5,13H,6-10H2,1H3,(H,19,21). The van der Waals surface area contributed by atoms with Gasteiger partial charge in [0.1, 0.15) is 5.82 Å². The number of carbonyl (C=O) groups is 1. The molecule has 2 rings (SSSR count). The molecule has 1 amide bonds. The topological polar surface area (TPSA) is 41.6 Å². The van der Waals surface area contributed by atoms with Gasteiger partial charge in [0, 0.05) is 19.6 Å². The maximum absolute atomic E-state index is 13.1. The van der Waals surface area contributed by atoms with Gasteiger partial charge in [0.2, 0.25) is 0 Å². The summed E-state index contributed by atoms with van der Waals surface area (Å²) < 4.78 is 17.0. The second-order valence-corrected chi connectivity index (χ2v) is 7.02. The number of amides is 1. The first-order valence-electron chi connectivity index (χ1n) is 7.11. The Labute approximate surface area is 139 Å². The lowest BCUT2D eigenvalue weighted by atomic mass is 10.0. The van der Waals surface area contributed by atoms with Crippen molar-refractivity contribution in [2.24, 2.45) is 0 Å². The molecule has 1 saturated heterocycles. The van der Waals surface area contributed by atoms with Crippen LogP contribution in [0.1, 0.15) is 18.5 Å². The van der Waals surface area contributed by atoms with Crippen LogP contribution in [0.5, 0.6) is 0 Å². The summed E-state index contributed by atoms with van der Waals surface area (Å²) in [6.45, 7) is 4.53. The summed E-state index contributed by atoms with van der Waals surface area (Å²) >= 11 is 11.6. The molecule has 0 saturated carbocycles. The van der Waals surface area contributed by atoms with E-state index in [1.165, 1.54) is 19.1 Å². The van der Waals surface area contributed by atoms with E-state index in [-0.39, 0.29) is 11.9 Å². The highest BCUT2D eigenvalue weighted by Gasteiger charge is 2.29. The van der Waals surface area contributed by atoms with Crippen molar-refractivity contribution in [3.8, 4) is 0 Å². The minimum absolute atomic E-state index is 0.0795. The summed E-state index contributed by atoms with van der Waals surface area (Å²) in [5.74, 6) is -0.737. The van der Waals surface area contributed by atoms with Gasteiger partial charge in [-0.3, -0.25) is 9.69 Å². The number of nitrogens with zero attached hydrogens (tertiary/aromatic N) is 1. The summed E-state index contributed by atoms with van der Waals surface area (Å²) in [5.41, 5.74) is 0.925. The molecule has 7 heteroatoms. The summed E-state index contributed by atoms with van der Waals surface area (Å²) in [6, 6.07) is 6.20. The number of halogens is 3. The van der Waals surface area contributed by atoms with E-state index >= 15 is 0 Å². The first-order valence-corrected chi connectivity index (χ1v) is 7.87. The summed E-state index contributed by atoms with van der Waals surface area (Å²) in [6.07, 6.45) is 0. The molecular formula is C15H19Cl2FN2O2. The highest BCUT2D eigenvalue weighted by molar-refractivity contribution is 6.57. The zero-order valence-corrected chi connectivity index (χ0v) is 13.8. The van der Waals surface area contributed by atoms with Crippen molar-refractivity contribution < 1.29 is 13.9 Å². The summed E-state index contributed by atoms with van der Waals surface area (Å²) in [7, 11) is 0. The van der Waals surface area contributed by atoms with Crippen molar-refractivity contribution in [2.45, 2.75) is 17.3 Å². The van der Waals surface area contributed by atoms with E-state index in [4.69, 9.17) is 27.9 Å². The fraction of sp³-hybridized carbons (Fsp3) is 0.533. The van der Waals surface area contributed by atoms with Crippen LogP contribution in [0.25, 0.3) is 0 Å². The predicted molar refractivity (Wildman–Crippen MR) is 84.7 cm³/mol. The highest BCUT2D eigenvalue weighted by Crippen LogP contribution is 2.23. The average Bonchev–Trinajstić information content (AvgIpc) is 2.49. The van der Waals surface area contributed by atoms with E-state index in [9.17, 15) is 9.18 Å². The molecule has 1 aromatic carbocycles. The van der Waals surface area contributed by atoms with Gasteiger partial charge in [0.15, 0.2) is 4.33 Å². The van der Waals surface area contributed by atoms with E-state index in [1.807, 2.05) is 0 Å². The van der Waals surface area contributed by atoms with Crippen LogP contribution in [0.3, 0.4) is 0 Å². The average molecular weight is 349 g/mol. The quantitative estimate of drug-likeness (QED) is 0.831. The van der Waals surface area contributed by atoms with Gasteiger partial charge in [-0.25, -0.2) is 4.39 Å². The molecule has 1 unspecified atom stereocenters. The number of morpholine rings is 1. The second-order valence-electron chi connectivity index (χ2n) is 5.31. The minimum Gasteiger partial charge on any atom is -0.379 e. The van der Waals surface area contributed by atoms with E-state index in [0.717, 1.165) is 18.7 Å². The van der Waals surface area contributed by atoms with Crippen LogP contribution >= 0.6 is 23.2 Å². The first kappa shape index (κ1) is 17.5. The molecule has 0 aliphatic carbocycles. The normalized spacial score (nSPS) is 18.0. The van der Waals surface area contributed by atoms with Crippen LogP contribution in [-0.4, -0.2) is 48.0 Å². The van der Waals surface area contributed by atoms with Gasteiger partial charge in [0.25, 0.3) is 5.91 Å². The molecule has 0 spiro atoms. The van der Waals surface area contributed by atoms with Gasteiger partial charge in [0.05, 0.1) is 19.3 Å². The van der Waals surface area contributed by atoms with Gasteiger partial charge in [-0.15, -0.1) is 0 Å². The molecule has 122 valence electrons. The van der Waals surface area contributed by atoms with Crippen molar-refractivity contribution in [1.29, 1.82) is 0 Å². The Balaban J connectivity index is 2.11. The number of rotatable bonds is 5. The predicted octanol–water partition coefficient (Wildman–Crippen LogP) is 2.51. The molecule has 0 bridgehead atoms. The van der Waals surface area contributed by atoms with E-state index in [0.29, 0.717) is 19.8 Å². The van der Waals surface area contributed by atoms with Crippen molar-refractivity contribution in [3.05, 3.63) is 35.6 Å². The molecule has 1 N–H and O–H groups in total. The third kappa shape index (κ3) is 4.81. The molecule has 4 nitrogen and oxygen atoms in total. The molecule has 1 heterocycles. The first-order chi connectivity index (χ1) is 10.4. The molecule has 0 aromatic heterocycles. The van der Waals surface area contributed by atoms with Crippen molar-refractivity contribution in [1.82, 2.24) is 10.2 Å². The van der Waals surface area contributed by atoms with Crippen molar-refractivity contribution >= 4 is 29.1 Å². The fourth-order valence-electron chi connectivity index (χ4n) is 2.38. The molecule has 1 aromatic rings. The van der Waals surface area contributed by atoms with Crippen LogP contribution in [-0.2, 0) is 9.53 Å². The van der Waals surface area contributed by atoms with Gasteiger partial charge >= 0.3 is 0 Å². The van der Waals surface area contributed by atoms with Crippen molar-refractivity contribution in [2.75, 3.05) is 32.8 Å². The maximum Gasteiger partial charge on any atom is 0.256 e. The largest absolute Gasteiger partial charge is 0.379 e. The molecule has 1 aliphatic heterocycles. The maximum atomic E-state index is 13.1. The Morgan fingerprint density at radius 1 is 1.36 bits per heavy atom. The highest BCUT2D eigenvalue weighted by atomic mass is 35.5. The smallest absolute Gasteiger partial charge is 0.256 e. The van der Waals surface area contributed by atoms with Crippen LogP contribution in [0, 0.1) is 5.82 Å². The molecule has 0 radical (unpaired) electrons. The lowest BCUT2D eigenvalue weighted by molar-refractivity contribution is -0.121. The molecule has 1 fully saturated rings. The number of benzene rings is 1. The van der Waals surface area contributed by atoms with E-state index in [1.54, 1.807) is 12.1 Å². The monoisotopic (exact) mass is 348 g/mol. The van der Waals surface area contributed by atoms with Crippen LogP contribution in [0.4, 0.5) is 4.39 Å². The minimum atomic E-state index is -1.47. The number of ether oxygens (including phenoxy) is 1. The lowest BCUT2D eigenvalue weighted by Crippen LogP contribution is -2.46. The SMILES string of the molecule is CC(Cl)(Cl)C(=O)NCC(c1ccc(F)cc1)N1CCOCC1. The Kier molecular flexibility index (Phi) is 6.03. The molecule has 22 heavy (non-hydrogen) atoms. The lowest BCUT2D eigenvalue weighted by Gasteiger charge is -2.35. The number of hydrogen-bond donors (Lipinski definition) is 1. The Morgan fingerprint density at radius 2 is 1.95 bits per heavy atom. The second kappa shape index (κ2) is 7.59. The third-order valence-corrected chi connectivity index (χ3v) is 3.94. The Morgan fingerprint density at radius 3 is 2.50 bits per heavy atom. The van der Waals surface area contributed by atoms with Gasteiger partial charge < -0.3 is 10.1 Å². The third-order valence-electron chi connectivity index (χ3n) is 3.60. The summed E-state index contributed by atoms with van der Waals surface area (Å²) in [4.78, 5) is 14.1. The van der Waals surface area contributed by atoms with Crippen molar-refractivity contribution in [3.63, 3.8) is 0 Å². The fourth-order valence-corrected chi connectivity index (χ4v) is 2.51. The summed E-state index contributed by atoms with van der Waals surface area (Å²) in [5, 5.41) is 2.75. The Bertz CT molecular complexity index is 499. The van der Waals surface area contributed by atoms with Gasteiger partial charge in [-0.2, -0.15) is 0 Å². The van der Waals surface area contributed by atoms with Crippen LogP contribution in [0.15, 0.2) is 24.3 Å². The Hall–Kier alpha value is -0.880. The number of hydrogen-bond acceptors (Lipinski definition) is 3. The van der Waals surface area contributed by atoms with Gasteiger partial charge in [-0.05, 0) is 24.6 Å². The molecular weight excluding hydrogens is 330 g/mol. The molecule has 1 atom stereocenters. The van der Waals surface area contributed by atoms with E-state index < -0.39 is 10.2 Å². The zero-order chi connectivity index (χ0) is 16.2. The number of carbonyl (C=O) groups excluding carboxylic acids is 1. The number of nitrogens with one attached hydrogen (secondary N) is 1.